The number of carbonyl (C=O) groups excluding carboxylic acids is 1. The molecule has 1 N–H and O–H groups in total. The predicted molar refractivity (Wildman–Crippen MR) is 67.5 cm³/mol. The third-order valence-corrected chi connectivity index (χ3v) is 3.86. The molecule has 1 aliphatic heterocycles. The molecule has 1 heterocycles. The van der Waals surface area contributed by atoms with Gasteiger partial charge in [-0.2, -0.15) is 0 Å². The van der Waals surface area contributed by atoms with Crippen LogP contribution in [-0.4, -0.2) is 34.6 Å². The van der Waals surface area contributed by atoms with Gasteiger partial charge < -0.3 is 10.0 Å². The Morgan fingerprint density at radius 3 is 3.00 bits per heavy atom. The normalized spacial score (nSPS) is 29.9. The number of aliphatic hydroxyl groups is 1. The molecular weight excluding hydrogens is 214 g/mol. The van der Waals surface area contributed by atoms with Crippen molar-refractivity contribution in [2.24, 2.45) is 5.92 Å². The van der Waals surface area contributed by atoms with Crippen LogP contribution >= 0.6 is 0 Å². The summed E-state index contributed by atoms with van der Waals surface area (Å²) in [5.41, 5.74) is 0. The minimum absolute atomic E-state index is 0.271. The van der Waals surface area contributed by atoms with Crippen molar-refractivity contribution in [3.8, 4) is 0 Å². The highest BCUT2D eigenvalue weighted by Crippen LogP contribution is 2.26. The molecule has 0 aromatic heterocycles. The Labute approximate surface area is 103 Å². The van der Waals surface area contributed by atoms with E-state index in [1.54, 1.807) is 6.92 Å². The summed E-state index contributed by atoms with van der Waals surface area (Å²) in [6, 6.07) is 0.271. The largest absolute Gasteiger partial charge is 0.393 e. The molecule has 1 fully saturated rings. The maximum absolute atomic E-state index is 12.2. The van der Waals surface area contributed by atoms with E-state index in [0.29, 0.717) is 12.3 Å². The number of allylic oxidation sites excluding steroid dienone is 2. The van der Waals surface area contributed by atoms with Crippen LogP contribution in [0.1, 0.15) is 45.4 Å². The summed E-state index contributed by atoms with van der Waals surface area (Å²) < 4.78 is 0. The van der Waals surface area contributed by atoms with Gasteiger partial charge in [-0.25, -0.2) is 0 Å². The second-order valence-electron chi connectivity index (χ2n) is 5.44. The Kier molecular flexibility index (Phi) is 4.21. The summed E-state index contributed by atoms with van der Waals surface area (Å²) in [6.07, 6.45) is 9.82. The second-order valence-corrected chi connectivity index (χ2v) is 5.44. The highest BCUT2D eigenvalue weighted by molar-refractivity contribution is 5.77. The SMILES string of the molecule is CC(O)CC1CCCN1C(=O)CC1C=CCC1. The molecule has 96 valence electrons. The molecule has 17 heavy (non-hydrogen) atoms. The number of likely N-dealkylation sites (tertiary alicyclic amines) is 1. The van der Waals surface area contributed by atoms with Gasteiger partial charge >= 0.3 is 0 Å². The lowest BCUT2D eigenvalue weighted by atomic mass is 10.0. The van der Waals surface area contributed by atoms with Crippen LogP contribution in [0, 0.1) is 5.92 Å². The van der Waals surface area contributed by atoms with E-state index in [1.807, 2.05) is 4.90 Å². The van der Waals surface area contributed by atoms with Crippen LogP contribution in [0.4, 0.5) is 0 Å². The summed E-state index contributed by atoms with van der Waals surface area (Å²) in [5.74, 6) is 0.736. The zero-order chi connectivity index (χ0) is 12.3. The third-order valence-electron chi connectivity index (χ3n) is 3.86. The first-order valence-electron chi connectivity index (χ1n) is 6.81. The van der Waals surface area contributed by atoms with E-state index in [0.717, 1.165) is 38.6 Å². The van der Waals surface area contributed by atoms with Gasteiger partial charge in [-0.3, -0.25) is 4.79 Å². The van der Waals surface area contributed by atoms with Crippen molar-refractivity contribution in [1.82, 2.24) is 4.90 Å². The van der Waals surface area contributed by atoms with E-state index >= 15 is 0 Å². The van der Waals surface area contributed by atoms with Crippen molar-refractivity contribution in [1.29, 1.82) is 0 Å². The molecule has 3 unspecified atom stereocenters. The van der Waals surface area contributed by atoms with Crippen molar-refractivity contribution in [3.05, 3.63) is 12.2 Å². The van der Waals surface area contributed by atoms with Gasteiger partial charge in [0.15, 0.2) is 0 Å². The first kappa shape index (κ1) is 12.6. The number of carbonyl (C=O) groups is 1. The number of rotatable bonds is 4. The van der Waals surface area contributed by atoms with E-state index in [2.05, 4.69) is 12.2 Å². The fourth-order valence-corrected chi connectivity index (χ4v) is 3.01. The Bertz CT molecular complexity index is 299. The Morgan fingerprint density at radius 2 is 2.35 bits per heavy atom. The average molecular weight is 237 g/mol. The highest BCUT2D eigenvalue weighted by atomic mass is 16.3. The minimum atomic E-state index is -0.306. The van der Waals surface area contributed by atoms with Gasteiger partial charge in [0.1, 0.15) is 0 Å². The summed E-state index contributed by atoms with van der Waals surface area (Å²) in [4.78, 5) is 14.2. The van der Waals surface area contributed by atoms with Crippen LogP contribution < -0.4 is 0 Å². The Morgan fingerprint density at radius 1 is 1.53 bits per heavy atom. The van der Waals surface area contributed by atoms with Gasteiger partial charge in [0.2, 0.25) is 5.91 Å². The number of aliphatic hydroxyl groups excluding tert-OH is 1. The molecule has 0 bridgehead atoms. The first-order chi connectivity index (χ1) is 8.16. The van der Waals surface area contributed by atoms with Crippen molar-refractivity contribution in [3.63, 3.8) is 0 Å². The van der Waals surface area contributed by atoms with Crippen molar-refractivity contribution in [2.45, 2.75) is 57.6 Å². The lowest BCUT2D eigenvalue weighted by molar-refractivity contribution is -0.133. The van der Waals surface area contributed by atoms with Gasteiger partial charge in [-0.15, -0.1) is 0 Å². The topological polar surface area (TPSA) is 40.5 Å². The Hall–Kier alpha value is -0.830. The maximum atomic E-state index is 12.2. The lowest BCUT2D eigenvalue weighted by Gasteiger charge is -2.26. The summed E-state index contributed by atoms with van der Waals surface area (Å²) >= 11 is 0. The van der Waals surface area contributed by atoms with Crippen molar-refractivity contribution < 1.29 is 9.90 Å². The van der Waals surface area contributed by atoms with Crippen molar-refractivity contribution in [2.75, 3.05) is 6.54 Å². The second kappa shape index (κ2) is 5.67. The maximum Gasteiger partial charge on any atom is 0.223 e. The predicted octanol–water partition coefficient (Wildman–Crippen LogP) is 2.10. The van der Waals surface area contributed by atoms with Crippen molar-refractivity contribution >= 4 is 5.91 Å². The molecule has 0 aromatic carbocycles. The minimum Gasteiger partial charge on any atom is -0.393 e. The zero-order valence-corrected chi connectivity index (χ0v) is 10.6. The van der Waals surface area contributed by atoms with E-state index < -0.39 is 0 Å². The van der Waals surface area contributed by atoms with Crippen LogP contribution in [0.15, 0.2) is 12.2 Å². The number of hydrogen-bond acceptors (Lipinski definition) is 2. The van der Waals surface area contributed by atoms with E-state index in [4.69, 9.17) is 0 Å². The van der Waals surface area contributed by atoms with Crippen LogP contribution in [0.2, 0.25) is 0 Å². The van der Waals surface area contributed by atoms with Gasteiger partial charge in [0.05, 0.1) is 6.10 Å². The molecule has 3 heteroatoms. The standard InChI is InChI=1S/C14H23NO2/c1-11(16)9-13-7-4-8-15(13)14(17)10-12-5-2-3-6-12/h2,5,11-13,16H,3-4,6-10H2,1H3. The number of amides is 1. The first-order valence-corrected chi connectivity index (χ1v) is 6.81. The van der Waals surface area contributed by atoms with Crippen LogP contribution in [0.5, 0.6) is 0 Å². The summed E-state index contributed by atoms with van der Waals surface area (Å²) in [6.45, 7) is 2.69. The highest BCUT2D eigenvalue weighted by Gasteiger charge is 2.30. The zero-order valence-electron chi connectivity index (χ0n) is 10.6. The van der Waals surface area contributed by atoms with E-state index in [-0.39, 0.29) is 18.1 Å². The van der Waals surface area contributed by atoms with Crippen LogP contribution in [0.3, 0.4) is 0 Å². The van der Waals surface area contributed by atoms with Gasteiger partial charge in [-0.1, -0.05) is 12.2 Å². The van der Waals surface area contributed by atoms with Crippen LogP contribution in [0.25, 0.3) is 0 Å². The third kappa shape index (κ3) is 3.32. The quantitative estimate of drug-likeness (QED) is 0.761. The molecule has 2 rings (SSSR count). The monoisotopic (exact) mass is 237 g/mol. The number of hydrogen-bond donors (Lipinski definition) is 1. The molecule has 3 nitrogen and oxygen atoms in total. The van der Waals surface area contributed by atoms with Gasteiger partial charge in [-0.05, 0) is 44.9 Å². The van der Waals surface area contributed by atoms with E-state index in [1.165, 1.54) is 0 Å². The lowest BCUT2D eigenvalue weighted by Crippen LogP contribution is -2.37. The summed E-state index contributed by atoms with van der Waals surface area (Å²) in [5, 5.41) is 9.45. The molecule has 1 amide bonds. The fraction of sp³-hybridized carbons (Fsp3) is 0.786. The molecular formula is C14H23NO2. The summed E-state index contributed by atoms with van der Waals surface area (Å²) in [7, 11) is 0. The molecule has 0 aromatic rings. The number of nitrogens with zero attached hydrogens (tertiary/aromatic N) is 1. The molecule has 0 saturated carbocycles. The van der Waals surface area contributed by atoms with Gasteiger partial charge in [0, 0.05) is 19.0 Å². The van der Waals surface area contributed by atoms with Crippen LogP contribution in [-0.2, 0) is 4.79 Å². The fourth-order valence-electron chi connectivity index (χ4n) is 3.01. The Balaban J connectivity index is 1.86. The van der Waals surface area contributed by atoms with E-state index in [9.17, 15) is 9.90 Å². The molecule has 0 radical (unpaired) electrons. The average Bonchev–Trinajstić information content (AvgIpc) is 2.87. The molecule has 2 aliphatic rings. The molecule has 3 atom stereocenters. The van der Waals surface area contributed by atoms with Gasteiger partial charge in [0.25, 0.3) is 0 Å². The molecule has 1 saturated heterocycles. The smallest absolute Gasteiger partial charge is 0.223 e. The molecule has 0 spiro atoms. The molecule has 1 aliphatic carbocycles.